The average Bonchev–Trinajstić information content (AvgIpc) is 2.97. The molecule has 0 bridgehead atoms. The molecule has 0 saturated heterocycles. The van der Waals surface area contributed by atoms with Crippen LogP contribution in [0.25, 0.3) is 0 Å². The van der Waals surface area contributed by atoms with Crippen molar-refractivity contribution in [3.63, 3.8) is 0 Å². The summed E-state index contributed by atoms with van der Waals surface area (Å²) in [6, 6.07) is 0. The maximum atomic E-state index is 7.53. The molecule has 41 heavy (non-hydrogen) atoms. The van der Waals surface area contributed by atoms with Crippen LogP contribution in [0.4, 0.5) is 0 Å². The second kappa shape index (κ2) is 11.1. The Hall–Kier alpha value is 0.448. The molecule has 0 amide bonds. The molecule has 0 aliphatic heterocycles. The van der Waals surface area contributed by atoms with E-state index in [2.05, 4.69) is 105 Å². The van der Waals surface area contributed by atoms with E-state index in [1.165, 1.54) is 32.1 Å². The maximum absolute atomic E-state index is 7.53. The Kier molecular flexibility index (Phi) is 9.26. The van der Waals surface area contributed by atoms with Crippen molar-refractivity contribution in [3.05, 3.63) is 11.6 Å². The van der Waals surface area contributed by atoms with Crippen LogP contribution in [0.2, 0.25) is 78.6 Å². The van der Waals surface area contributed by atoms with E-state index in [1.54, 1.807) is 5.57 Å². The highest BCUT2D eigenvalue weighted by molar-refractivity contribution is 6.71. The number of allylic oxidation sites excluding steroid dienone is 1. The highest BCUT2D eigenvalue weighted by Crippen LogP contribution is 2.69. The van der Waals surface area contributed by atoms with Gasteiger partial charge in [-0.25, -0.2) is 0 Å². The summed E-state index contributed by atoms with van der Waals surface area (Å²) in [5, 5.41) is 0. The molecule has 0 aromatic rings. The van der Waals surface area contributed by atoms with E-state index in [0.29, 0.717) is 23.4 Å². The van der Waals surface area contributed by atoms with E-state index < -0.39 is 33.3 Å². The Bertz CT molecular complexity index is 989. The molecule has 0 aromatic carbocycles. The van der Waals surface area contributed by atoms with Crippen LogP contribution in [-0.2, 0) is 17.7 Å². The Morgan fingerprint density at radius 3 is 1.93 bits per heavy atom. The molecule has 4 aliphatic rings. The van der Waals surface area contributed by atoms with E-state index in [4.69, 9.17) is 17.7 Å². The summed E-state index contributed by atoms with van der Waals surface area (Å²) in [6.07, 6.45) is 11.7. The third-order valence-electron chi connectivity index (χ3n) is 10.9. The van der Waals surface area contributed by atoms with E-state index in [9.17, 15) is 0 Å². The molecule has 0 heterocycles. The molecule has 4 aliphatic carbocycles. The summed E-state index contributed by atoms with van der Waals surface area (Å²) in [6.45, 7) is 35.9. The van der Waals surface area contributed by atoms with Gasteiger partial charge in [-0.1, -0.05) is 25.5 Å². The topological polar surface area (TPSA) is 36.9 Å². The van der Waals surface area contributed by atoms with Crippen LogP contribution in [0.1, 0.15) is 65.7 Å². The minimum Gasteiger partial charge on any atom is -0.414 e. The Morgan fingerprint density at radius 1 is 0.780 bits per heavy atom. The predicted molar refractivity (Wildman–Crippen MR) is 185 cm³/mol. The molecule has 0 radical (unpaired) electrons. The standard InChI is InChI=1S/C33H66O4Si4/c1-24(34-38(4,5)6)33(37-41(13,14)15)23-29(36-40(10,11)12)30-27-17-16-25-22-26(35-39(7,8)9)18-20-31(25,2)28(27)19-21-32(30,33)3/h16,24,26-30H,17-23H2,1-15H3/t24-,26-,27?,28?,29+,30?,31-,32-,33-/m0/s1. The number of fused-ring (bicyclic) bond motifs is 5. The summed E-state index contributed by atoms with van der Waals surface area (Å²) in [7, 11) is -6.99. The van der Waals surface area contributed by atoms with Crippen molar-refractivity contribution in [2.24, 2.45) is 28.6 Å². The van der Waals surface area contributed by atoms with Crippen molar-refractivity contribution in [1.82, 2.24) is 0 Å². The van der Waals surface area contributed by atoms with Gasteiger partial charge >= 0.3 is 0 Å². The van der Waals surface area contributed by atoms with E-state index >= 15 is 0 Å². The van der Waals surface area contributed by atoms with Crippen molar-refractivity contribution >= 4 is 33.3 Å². The van der Waals surface area contributed by atoms with Gasteiger partial charge in [0, 0.05) is 17.9 Å². The van der Waals surface area contributed by atoms with Crippen LogP contribution in [-0.4, -0.2) is 57.2 Å². The van der Waals surface area contributed by atoms with Crippen LogP contribution in [0.5, 0.6) is 0 Å². The zero-order chi connectivity index (χ0) is 31.0. The van der Waals surface area contributed by atoms with E-state index in [0.717, 1.165) is 18.8 Å². The second-order valence-corrected chi connectivity index (χ2v) is 36.5. The summed E-state index contributed by atoms with van der Waals surface area (Å²) in [4.78, 5) is 0. The molecule has 0 spiro atoms. The zero-order valence-corrected chi connectivity index (χ0v) is 33.6. The van der Waals surface area contributed by atoms with Crippen molar-refractivity contribution in [2.45, 2.75) is 168 Å². The summed E-state index contributed by atoms with van der Waals surface area (Å²) in [5.41, 5.74) is 1.74. The van der Waals surface area contributed by atoms with Crippen LogP contribution in [0.15, 0.2) is 11.6 Å². The second-order valence-electron chi connectivity index (χ2n) is 18.7. The highest BCUT2D eigenvalue weighted by atomic mass is 28.4. The fourth-order valence-electron chi connectivity index (χ4n) is 9.93. The minimum atomic E-state index is -1.89. The van der Waals surface area contributed by atoms with Gasteiger partial charge in [-0.3, -0.25) is 0 Å². The Balaban J connectivity index is 1.77. The zero-order valence-electron chi connectivity index (χ0n) is 29.6. The monoisotopic (exact) mass is 638 g/mol. The molecule has 4 nitrogen and oxygen atoms in total. The third-order valence-corrected chi connectivity index (χ3v) is 15.0. The molecular formula is C33H66O4Si4. The molecule has 0 aromatic heterocycles. The highest BCUT2D eigenvalue weighted by Gasteiger charge is 2.70. The first-order valence-electron chi connectivity index (χ1n) is 16.8. The molecule has 0 N–H and O–H groups in total. The molecule has 3 unspecified atom stereocenters. The van der Waals surface area contributed by atoms with E-state index in [1.807, 2.05) is 0 Å². The lowest BCUT2D eigenvalue weighted by atomic mass is 9.46. The molecule has 3 saturated carbocycles. The summed E-state index contributed by atoms with van der Waals surface area (Å²) < 4.78 is 28.5. The molecule has 3 fully saturated rings. The fourth-order valence-corrected chi connectivity index (χ4v) is 15.1. The van der Waals surface area contributed by atoms with Gasteiger partial charge in [0.1, 0.15) is 0 Å². The van der Waals surface area contributed by atoms with Crippen molar-refractivity contribution in [3.8, 4) is 0 Å². The van der Waals surface area contributed by atoms with Crippen LogP contribution >= 0.6 is 0 Å². The lowest BCUT2D eigenvalue weighted by molar-refractivity contribution is -0.157. The van der Waals surface area contributed by atoms with Gasteiger partial charge in [-0.05, 0) is 147 Å². The Labute approximate surface area is 258 Å². The van der Waals surface area contributed by atoms with Crippen molar-refractivity contribution in [1.29, 1.82) is 0 Å². The Morgan fingerprint density at radius 2 is 1.39 bits per heavy atom. The van der Waals surface area contributed by atoms with Gasteiger partial charge in [0.2, 0.25) is 0 Å². The van der Waals surface area contributed by atoms with Gasteiger partial charge in [0.15, 0.2) is 33.3 Å². The largest absolute Gasteiger partial charge is 0.414 e. The number of rotatable bonds is 9. The first-order valence-corrected chi connectivity index (χ1v) is 30.5. The first kappa shape index (κ1) is 34.3. The van der Waals surface area contributed by atoms with Gasteiger partial charge in [-0.15, -0.1) is 0 Å². The molecule has 9 atom stereocenters. The lowest BCUT2D eigenvalue weighted by Crippen LogP contribution is -2.63. The molecule has 238 valence electrons. The summed E-state index contributed by atoms with van der Waals surface area (Å²) in [5.74, 6) is 1.86. The van der Waals surface area contributed by atoms with Gasteiger partial charge in [-0.2, -0.15) is 0 Å². The average molecular weight is 639 g/mol. The molecular weight excluding hydrogens is 573 g/mol. The van der Waals surface area contributed by atoms with Crippen LogP contribution in [0.3, 0.4) is 0 Å². The van der Waals surface area contributed by atoms with Crippen LogP contribution in [0, 0.1) is 28.6 Å². The minimum absolute atomic E-state index is 0.0394. The molecule has 8 heteroatoms. The van der Waals surface area contributed by atoms with E-state index in [-0.39, 0.29) is 23.2 Å². The van der Waals surface area contributed by atoms with Gasteiger partial charge in [0.25, 0.3) is 0 Å². The quantitative estimate of drug-likeness (QED) is 0.186. The number of hydrogen-bond acceptors (Lipinski definition) is 4. The van der Waals surface area contributed by atoms with Gasteiger partial charge in [0.05, 0.1) is 17.8 Å². The summed E-state index contributed by atoms with van der Waals surface area (Å²) >= 11 is 0. The van der Waals surface area contributed by atoms with Crippen LogP contribution < -0.4 is 0 Å². The predicted octanol–water partition coefficient (Wildman–Crippen LogP) is 9.83. The first-order chi connectivity index (χ1) is 18.4. The smallest absolute Gasteiger partial charge is 0.184 e. The normalized spacial score (nSPS) is 40.9. The third kappa shape index (κ3) is 7.00. The van der Waals surface area contributed by atoms with Gasteiger partial charge < -0.3 is 17.7 Å². The fraction of sp³-hybridized carbons (Fsp3) is 0.939. The molecule has 4 rings (SSSR count). The maximum Gasteiger partial charge on any atom is 0.184 e. The SMILES string of the molecule is C[C@H](O[Si](C)(C)C)[C@@]1(O[Si](C)(C)C)C[C@@H](O[Si](C)(C)C)C2C3CC=C4C[C@@H](O[Si](C)(C)C)CC[C@]4(C)C3CC[C@@]21C. The number of hydrogen-bond donors (Lipinski definition) is 0. The van der Waals surface area contributed by atoms with Crippen molar-refractivity contribution < 1.29 is 17.7 Å². The van der Waals surface area contributed by atoms with Crippen molar-refractivity contribution in [2.75, 3.05) is 0 Å². The lowest BCUT2D eigenvalue weighted by Gasteiger charge is -2.61.